The fourth-order valence-electron chi connectivity index (χ4n) is 3.29. The Morgan fingerprint density at radius 3 is 2.39 bits per heavy atom. The van der Waals surface area contributed by atoms with Gasteiger partial charge in [0.1, 0.15) is 0 Å². The number of carbonyl (C=O) groups excluding carboxylic acids is 1. The lowest BCUT2D eigenvalue weighted by molar-refractivity contribution is -0.114. The molecular formula is C21H28IN5O. The molecule has 1 amide bonds. The molecule has 0 aliphatic carbocycles. The number of para-hydroxylation sites is 1. The Morgan fingerprint density at radius 2 is 1.75 bits per heavy atom. The Morgan fingerprint density at radius 1 is 1.04 bits per heavy atom. The Kier molecular flexibility index (Phi) is 8.56. The summed E-state index contributed by atoms with van der Waals surface area (Å²) in [5, 5.41) is 6.25. The summed E-state index contributed by atoms with van der Waals surface area (Å²) in [6.07, 6.45) is 0. The first-order chi connectivity index (χ1) is 13.2. The van der Waals surface area contributed by atoms with Gasteiger partial charge < -0.3 is 20.4 Å². The molecule has 0 bridgehead atoms. The molecule has 2 N–H and O–H groups in total. The highest BCUT2D eigenvalue weighted by molar-refractivity contribution is 14.0. The first kappa shape index (κ1) is 22.0. The zero-order chi connectivity index (χ0) is 19.1. The third kappa shape index (κ3) is 6.12. The molecule has 1 aliphatic rings. The van der Waals surface area contributed by atoms with E-state index in [1.165, 1.54) is 12.6 Å². The molecule has 3 rings (SSSR count). The number of nitrogens with one attached hydrogen (secondary N) is 2. The molecule has 0 atom stereocenters. The van der Waals surface area contributed by atoms with Crippen molar-refractivity contribution in [3.05, 3.63) is 60.2 Å². The second-order valence-corrected chi connectivity index (χ2v) is 6.59. The number of piperazine rings is 1. The first-order valence-electron chi connectivity index (χ1n) is 9.28. The maximum absolute atomic E-state index is 11.2. The molecule has 28 heavy (non-hydrogen) atoms. The lowest BCUT2D eigenvalue weighted by atomic mass is 10.2. The number of benzene rings is 2. The Hall–Kier alpha value is -2.29. The average molecular weight is 493 g/mol. The normalized spacial score (nSPS) is 14.3. The summed E-state index contributed by atoms with van der Waals surface area (Å²) in [7, 11) is 1.82. The Bertz CT molecular complexity index is 788. The number of aliphatic imine (C=N–C) groups is 1. The molecule has 1 saturated heterocycles. The predicted molar refractivity (Wildman–Crippen MR) is 127 cm³/mol. The lowest BCUT2D eigenvalue weighted by Gasteiger charge is -2.37. The van der Waals surface area contributed by atoms with Crippen LogP contribution >= 0.6 is 24.0 Å². The number of nitrogens with zero attached hydrogens (tertiary/aromatic N) is 3. The summed E-state index contributed by atoms with van der Waals surface area (Å²) in [5.74, 6) is 0.847. The van der Waals surface area contributed by atoms with Gasteiger partial charge in [0.2, 0.25) is 5.91 Å². The van der Waals surface area contributed by atoms with Crippen LogP contribution < -0.4 is 15.5 Å². The summed E-state index contributed by atoms with van der Waals surface area (Å²) >= 11 is 0. The SMILES string of the molecule is CN=C(NCc1cccc(NC(C)=O)c1)N1CCN(c2ccccc2)CC1.I. The van der Waals surface area contributed by atoms with Crippen LogP contribution in [-0.2, 0) is 11.3 Å². The van der Waals surface area contributed by atoms with Gasteiger partial charge in [0, 0.05) is 58.1 Å². The molecular weight excluding hydrogens is 465 g/mol. The summed E-state index contributed by atoms with van der Waals surface area (Å²) in [6.45, 7) is 5.99. The van der Waals surface area contributed by atoms with E-state index in [2.05, 4.69) is 49.7 Å². The van der Waals surface area contributed by atoms with E-state index in [1.807, 2.05) is 37.4 Å². The fraction of sp³-hybridized carbons (Fsp3) is 0.333. The van der Waals surface area contributed by atoms with Crippen molar-refractivity contribution in [2.24, 2.45) is 4.99 Å². The molecule has 0 radical (unpaired) electrons. The second kappa shape index (κ2) is 10.9. The van der Waals surface area contributed by atoms with Crippen molar-refractivity contribution in [1.82, 2.24) is 10.2 Å². The van der Waals surface area contributed by atoms with Gasteiger partial charge in [-0.1, -0.05) is 30.3 Å². The molecule has 2 aromatic carbocycles. The highest BCUT2D eigenvalue weighted by atomic mass is 127. The zero-order valence-electron chi connectivity index (χ0n) is 16.4. The smallest absolute Gasteiger partial charge is 0.221 e. The van der Waals surface area contributed by atoms with Crippen LogP contribution in [0, 0.1) is 0 Å². The van der Waals surface area contributed by atoms with Crippen molar-refractivity contribution in [2.45, 2.75) is 13.5 Å². The van der Waals surface area contributed by atoms with Crippen LogP contribution in [0.2, 0.25) is 0 Å². The topological polar surface area (TPSA) is 60.0 Å². The van der Waals surface area contributed by atoms with E-state index in [0.29, 0.717) is 6.54 Å². The molecule has 150 valence electrons. The van der Waals surface area contributed by atoms with E-state index >= 15 is 0 Å². The van der Waals surface area contributed by atoms with Crippen LogP contribution in [0.3, 0.4) is 0 Å². The van der Waals surface area contributed by atoms with Gasteiger partial charge in [0.25, 0.3) is 0 Å². The Labute approximate surface area is 184 Å². The van der Waals surface area contributed by atoms with E-state index in [0.717, 1.165) is 43.4 Å². The largest absolute Gasteiger partial charge is 0.368 e. The van der Waals surface area contributed by atoms with Crippen LogP contribution in [0.25, 0.3) is 0 Å². The minimum atomic E-state index is -0.0628. The van der Waals surface area contributed by atoms with Crippen molar-refractivity contribution >= 4 is 47.2 Å². The highest BCUT2D eigenvalue weighted by Crippen LogP contribution is 2.16. The van der Waals surface area contributed by atoms with Gasteiger partial charge in [0.15, 0.2) is 5.96 Å². The van der Waals surface area contributed by atoms with Crippen molar-refractivity contribution in [2.75, 3.05) is 43.4 Å². The third-order valence-corrected chi connectivity index (χ3v) is 4.61. The number of hydrogen-bond donors (Lipinski definition) is 2. The summed E-state index contributed by atoms with van der Waals surface area (Å²) < 4.78 is 0. The molecule has 0 saturated carbocycles. The van der Waals surface area contributed by atoms with Crippen molar-refractivity contribution in [1.29, 1.82) is 0 Å². The fourth-order valence-corrected chi connectivity index (χ4v) is 3.29. The van der Waals surface area contributed by atoms with Crippen molar-refractivity contribution < 1.29 is 4.79 Å². The molecule has 7 heteroatoms. The van der Waals surface area contributed by atoms with Crippen LogP contribution in [0.5, 0.6) is 0 Å². The van der Waals surface area contributed by atoms with Crippen molar-refractivity contribution in [3.63, 3.8) is 0 Å². The van der Waals surface area contributed by atoms with Gasteiger partial charge >= 0.3 is 0 Å². The monoisotopic (exact) mass is 493 g/mol. The molecule has 6 nitrogen and oxygen atoms in total. The van der Waals surface area contributed by atoms with Crippen molar-refractivity contribution in [3.8, 4) is 0 Å². The number of rotatable bonds is 4. The van der Waals surface area contributed by atoms with Gasteiger partial charge in [-0.25, -0.2) is 0 Å². The zero-order valence-corrected chi connectivity index (χ0v) is 18.7. The van der Waals surface area contributed by atoms with E-state index in [-0.39, 0.29) is 29.9 Å². The maximum atomic E-state index is 11.2. The molecule has 1 aliphatic heterocycles. The van der Waals surface area contributed by atoms with Crippen LogP contribution in [0.15, 0.2) is 59.6 Å². The summed E-state index contributed by atoms with van der Waals surface area (Å²) in [4.78, 5) is 20.3. The van der Waals surface area contributed by atoms with Crippen LogP contribution in [-0.4, -0.2) is 50.0 Å². The van der Waals surface area contributed by atoms with Gasteiger partial charge in [-0.3, -0.25) is 9.79 Å². The molecule has 0 aromatic heterocycles. The summed E-state index contributed by atoms with van der Waals surface area (Å²) in [6, 6.07) is 18.4. The molecule has 1 fully saturated rings. The van der Waals surface area contributed by atoms with Gasteiger partial charge in [-0.05, 0) is 29.8 Å². The lowest BCUT2D eigenvalue weighted by Crippen LogP contribution is -2.52. The van der Waals surface area contributed by atoms with Crippen LogP contribution in [0.4, 0.5) is 11.4 Å². The van der Waals surface area contributed by atoms with Crippen LogP contribution in [0.1, 0.15) is 12.5 Å². The minimum Gasteiger partial charge on any atom is -0.368 e. The van der Waals surface area contributed by atoms with E-state index < -0.39 is 0 Å². The van der Waals surface area contributed by atoms with E-state index in [1.54, 1.807) is 0 Å². The molecule has 1 heterocycles. The first-order valence-corrected chi connectivity index (χ1v) is 9.28. The second-order valence-electron chi connectivity index (χ2n) is 6.59. The van der Waals surface area contributed by atoms with E-state index in [9.17, 15) is 4.79 Å². The third-order valence-electron chi connectivity index (χ3n) is 4.61. The maximum Gasteiger partial charge on any atom is 0.221 e. The number of carbonyl (C=O) groups is 1. The predicted octanol–water partition coefficient (Wildman–Crippen LogP) is 3.16. The number of guanidine groups is 1. The number of amides is 1. The quantitative estimate of drug-likeness (QED) is 0.391. The van der Waals surface area contributed by atoms with E-state index in [4.69, 9.17) is 0 Å². The minimum absolute atomic E-state index is 0. The molecule has 0 spiro atoms. The standard InChI is InChI=1S/C21H27N5O.HI/c1-17(27)24-19-8-6-7-18(15-19)16-23-21(22-2)26-13-11-25(12-14-26)20-9-4-3-5-10-20;/h3-10,15H,11-14,16H2,1-2H3,(H,22,23)(H,24,27);1H. The highest BCUT2D eigenvalue weighted by Gasteiger charge is 2.19. The Balaban J connectivity index is 0.00000280. The van der Waals surface area contributed by atoms with Gasteiger partial charge in [-0.2, -0.15) is 0 Å². The molecule has 2 aromatic rings. The molecule has 0 unspecified atom stereocenters. The van der Waals surface area contributed by atoms with Gasteiger partial charge in [-0.15, -0.1) is 24.0 Å². The van der Waals surface area contributed by atoms with Gasteiger partial charge in [0.05, 0.1) is 0 Å². The number of halogens is 1. The number of hydrogen-bond acceptors (Lipinski definition) is 3. The summed E-state index contributed by atoms with van der Waals surface area (Å²) in [5.41, 5.74) is 3.19. The number of anilines is 2. The average Bonchev–Trinajstić information content (AvgIpc) is 2.69.